The Kier molecular flexibility index (Phi) is 8.01. The van der Waals surface area contributed by atoms with Crippen LogP contribution in [0.3, 0.4) is 0 Å². The van der Waals surface area contributed by atoms with Crippen molar-refractivity contribution < 1.29 is 9.53 Å². The molecule has 0 bridgehead atoms. The summed E-state index contributed by atoms with van der Waals surface area (Å²) in [4.78, 5) is 16.7. The molecule has 2 rings (SSSR count). The molecular formula is C26H42N2O2. The van der Waals surface area contributed by atoms with Crippen LogP contribution in [0, 0.1) is 5.41 Å². The molecule has 1 heterocycles. The Bertz CT molecular complexity index is 737. The van der Waals surface area contributed by atoms with E-state index in [1.807, 2.05) is 25.7 Å². The topological polar surface area (TPSA) is 32.8 Å². The average Bonchev–Trinajstić information content (AvgIpc) is 3.42. The Hall–Kier alpha value is -1.97. The normalized spacial score (nSPS) is 21.1. The standard InChI is InChI=1S/C26H42N2O2/c1-9-11-12-13-20(3)23(22(10-2)26(8)14-15-26)21(4)27-16-18-28(19-17-27)24(29)30-25(5,6)7/h10-13H,9,14-19H2,1-8H3/b12-11+,20-13-,22-10+,23-21-. The van der Waals surface area contributed by atoms with Gasteiger partial charge in [-0.15, -0.1) is 0 Å². The maximum Gasteiger partial charge on any atom is 0.410 e. The lowest BCUT2D eigenvalue weighted by Crippen LogP contribution is -2.49. The van der Waals surface area contributed by atoms with E-state index >= 15 is 0 Å². The van der Waals surface area contributed by atoms with Crippen LogP contribution in [0.15, 0.2) is 46.7 Å². The van der Waals surface area contributed by atoms with Gasteiger partial charge in [0.1, 0.15) is 5.60 Å². The smallest absolute Gasteiger partial charge is 0.410 e. The van der Waals surface area contributed by atoms with E-state index < -0.39 is 5.60 Å². The quantitative estimate of drug-likeness (QED) is 0.467. The van der Waals surface area contributed by atoms with Crippen LogP contribution in [0.25, 0.3) is 0 Å². The molecule has 0 aromatic rings. The zero-order chi connectivity index (χ0) is 22.5. The first-order valence-corrected chi connectivity index (χ1v) is 11.5. The molecule has 0 unspecified atom stereocenters. The van der Waals surface area contributed by atoms with E-state index in [-0.39, 0.29) is 6.09 Å². The third-order valence-electron chi connectivity index (χ3n) is 6.09. The SMILES string of the molecule is C\C=C(C(/C(C)=C\C=C\CC)=C(/C)N1CCN(C(=O)OC(C)(C)C)CC1)\C1(C)CC1. The van der Waals surface area contributed by atoms with Crippen molar-refractivity contribution in [3.63, 3.8) is 0 Å². The van der Waals surface area contributed by atoms with E-state index in [1.165, 1.54) is 35.3 Å². The summed E-state index contributed by atoms with van der Waals surface area (Å²) in [6, 6.07) is 0. The highest BCUT2D eigenvalue weighted by Gasteiger charge is 2.42. The van der Waals surface area contributed by atoms with Gasteiger partial charge in [0.25, 0.3) is 0 Å². The molecule has 0 aromatic carbocycles. The Morgan fingerprint density at radius 3 is 2.10 bits per heavy atom. The first kappa shape index (κ1) is 24.3. The minimum Gasteiger partial charge on any atom is -0.444 e. The molecule has 4 nitrogen and oxygen atoms in total. The van der Waals surface area contributed by atoms with Crippen molar-refractivity contribution in [2.24, 2.45) is 5.41 Å². The second-order valence-corrected chi connectivity index (χ2v) is 9.86. The third kappa shape index (κ3) is 6.26. The second-order valence-electron chi connectivity index (χ2n) is 9.86. The van der Waals surface area contributed by atoms with Gasteiger partial charge in [-0.2, -0.15) is 0 Å². The number of amides is 1. The van der Waals surface area contributed by atoms with Gasteiger partial charge in [-0.25, -0.2) is 4.79 Å². The van der Waals surface area contributed by atoms with Crippen LogP contribution in [0.5, 0.6) is 0 Å². The Labute approximate surface area is 184 Å². The lowest BCUT2D eigenvalue weighted by molar-refractivity contribution is 0.0168. The highest BCUT2D eigenvalue weighted by Crippen LogP contribution is 2.55. The summed E-state index contributed by atoms with van der Waals surface area (Å²) in [5.41, 5.74) is 5.32. The lowest BCUT2D eigenvalue weighted by Gasteiger charge is -2.38. The van der Waals surface area contributed by atoms with Crippen molar-refractivity contribution in [1.82, 2.24) is 9.80 Å². The number of hydrogen-bond acceptors (Lipinski definition) is 3. The van der Waals surface area contributed by atoms with Gasteiger partial charge < -0.3 is 14.5 Å². The maximum absolute atomic E-state index is 12.4. The van der Waals surface area contributed by atoms with Gasteiger partial charge in [-0.3, -0.25) is 0 Å². The van der Waals surface area contributed by atoms with Crippen LogP contribution in [0.2, 0.25) is 0 Å². The largest absolute Gasteiger partial charge is 0.444 e. The molecule has 1 amide bonds. The number of carbonyl (C=O) groups is 1. The maximum atomic E-state index is 12.4. The van der Waals surface area contributed by atoms with Gasteiger partial charge >= 0.3 is 6.09 Å². The van der Waals surface area contributed by atoms with E-state index in [2.05, 4.69) is 63.8 Å². The van der Waals surface area contributed by atoms with Crippen molar-refractivity contribution in [3.8, 4) is 0 Å². The number of carbonyl (C=O) groups excluding carboxylic acids is 1. The number of allylic oxidation sites excluding steroid dienone is 8. The fourth-order valence-corrected chi connectivity index (χ4v) is 4.08. The van der Waals surface area contributed by atoms with Crippen molar-refractivity contribution in [2.45, 2.75) is 80.3 Å². The third-order valence-corrected chi connectivity index (χ3v) is 6.09. The molecule has 1 aliphatic carbocycles. The number of piperazine rings is 1. The molecule has 0 aromatic heterocycles. The van der Waals surface area contributed by atoms with Crippen molar-refractivity contribution in [1.29, 1.82) is 0 Å². The molecule has 1 saturated heterocycles. The average molecular weight is 415 g/mol. The van der Waals surface area contributed by atoms with Gasteiger partial charge in [0, 0.05) is 31.9 Å². The molecule has 2 fully saturated rings. The van der Waals surface area contributed by atoms with Crippen LogP contribution < -0.4 is 0 Å². The molecule has 0 N–H and O–H groups in total. The van der Waals surface area contributed by atoms with E-state index in [9.17, 15) is 4.79 Å². The van der Waals surface area contributed by atoms with Gasteiger partial charge in [0.05, 0.1) is 0 Å². The van der Waals surface area contributed by atoms with Crippen LogP contribution >= 0.6 is 0 Å². The number of nitrogens with zero attached hydrogens (tertiary/aromatic N) is 2. The zero-order valence-electron chi connectivity index (χ0n) is 20.5. The first-order valence-electron chi connectivity index (χ1n) is 11.5. The minimum atomic E-state index is -0.453. The van der Waals surface area contributed by atoms with E-state index in [4.69, 9.17) is 4.74 Å². The first-order chi connectivity index (χ1) is 14.0. The van der Waals surface area contributed by atoms with E-state index in [0.29, 0.717) is 18.5 Å². The summed E-state index contributed by atoms with van der Waals surface area (Å²) in [7, 11) is 0. The highest BCUT2D eigenvalue weighted by atomic mass is 16.6. The lowest BCUT2D eigenvalue weighted by atomic mass is 9.85. The molecule has 2 aliphatic rings. The van der Waals surface area contributed by atoms with Crippen molar-refractivity contribution in [2.75, 3.05) is 26.2 Å². The zero-order valence-corrected chi connectivity index (χ0v) is 20.5. The van der Waals surface area contributed by atoms with Gasteiger partial charge in [-0.05, 0) is 82.9 Å². The van der Waals surface area contributed by atoms with E-state index in [1.54, 1.807) is 0 Å². The number of hydrogen-bond donors (Lipinski definition) is 0. The van der Waals surface area contributed by atoms with Gasteiger partial charge in [0.2, 0.25) is 0 Å². The van der Waals surface area contributed by atoms with Crippen molar-refractivity contribution in [3.05, 3.63) is 46.7 Å². The predicted molar refractivity (Wildman–Crippen MR) is 126 cm³/mol. The number of rotatable bonds is 6. The second kappa shape index (κ2) is 9.89. The molecule has 1 saturated carbocycles. The number of ether oxygens (including phenoxy) is 1. The molecule has 0 radical (unpaired) electrons. The summed E-state index contributed by atoms with van der Waals surface area (Å²) in [5.74, 6) is 0. The van der Waals surface area contributed by atoms with Crippen LogP contribution in [0.4, 0.5) is 4.79 Å². The van der Waals surface area contributed by atoms with Gasteiger partial charge in [-0.1, -0.05) is 38.2 Å². The molecular weight excluding hydrogens is 372 g/mol. The highest BCUT2D eigenvalue weighted by molar-refractivity contribution is 5.68. The summed E-state index contributed by atoms with van der Waals surface area (Å²) in [6.07, 6.45) is 12.3. The fraction of sp³-hybridized carbons (Fsp3) is 0.654. The van der Waals surface area contributed by atoms with Crippen LogP contribution in [-0.2, 0) is 4.74 Å². The van der Waals surface area contributed by atoms with Crippen molar-refractivity contribution >= 4 is 6.09 Å². The summed E-state index contributed by atoms with van der Waals surface area (Å²) in [5, 5.41) is 0. The Morgan fingerprint density at radius 2 is 1.63 bits per heavy atom. The molecule has 1 aliphatic heterocycles. The molecule has 30 heavy (non-hydrogen) atoms. The molecule has 0 atom stereocenters. The molecule has 0 spiro atoms. The molecule has 168 valence electrons. The predicted octanol–water partition coefficient (Wildman–Crippen LogP) is 6.47. The summed E-state index contributed by atoms with van der Waals surface area (Å²) in [6.45, 7) is 20.0. The van der Waals surface area contributed by atoms with E-state index in [0.717, 1.165) is 19.5 Å². The monoisotopic (exact) mass is 414 g/mol. The molecule has 4 heteroatoms. The fourth-order valence-electron chi connectivity index (χ4n) is 4.08. The Balaban J connectivity index is 2.25. The summed E-state index contributed by atoms with van der Waals surface area (Å²) >= 11 is 0. The van der Waals surface area contributed by atoms with Crippen LogP contribution in [-0.4, -0.2) is 47.7 Å². The van der Waals surface area contributed by atoms with Crippen LogP contribution in [0.1, 0.15) is 74.7 Å². The van der Waals surface area contributed by atoms with Gasteiger partial charge in [0.15, 0.2) is 0 Å². The summed E-state index contributed by atoms with van der Waals surface area (Å²) < 4.78 is 5.55. The minimum absolute atomic E-state index is 0.204. The Morgan fingerprint density at radius 1 is 1.07 bits per heavy atom.